The summed E-state index contributed by atoms with van der Waals surface area (Å²) < 4.78 is 10.8. The van der Waals surface area contributed by atoms with Crippen LogP contribution in [-0.2, 0) is 9.47 Å². The molecule has 1 aliphatic rings. The van der Waals surface area contributed by atoms with Crippen LogP contribution in [-0.4, -0.2) is 23.1 Å². The van der Waals surface area contributed by atoms with E-state index in [-0.39, 0.29) is 16.0 Å². The molecule has 0 saturated heterocycles. The maximum absolute atomic E-state index is 5.99. The molecule has 0 bridgehead atoms. The average molecular weight is 287 g/mol. The van der Waals surface area contributed by atoms with Crippen molar-refractivity contribution in [2.45, 2.75) is 36.8 Å². The van der Waals surface area contributed by atoms with Crippen molar-refractivity contribution in [3.63, 3.8) is 0 Å². The van der Waals surface area contributed by atoms with Crippen molar-refractivity contribution >= 4 is 15.9 Å². The zero-order chi connectivity index (χ0) is 12.4. The van der Waals surface area contributed by atoms with Crippen LogP contribution < -0.4 is 0 Å². The molecule has 0 fully saturated rings. The Morgan fingerprint density at radius 3 is 2.56 bits per heavy atom. The molecule has 0 N–H and O–H groups in total. The molecule has 0 radical (unpaired) electrons. The molecule has 0 aromatic rings. The van der Waals surface area contributed by atoms with E-state index in [0.717, 1.165) is 5.76 Å². The van der Waals surface area contributed by atoms with Crippen LogP contribution in [0.15, 0.2) is 36.6 Å². The van der Waals surface area contributed by atoms with Crippen LogP contribution in [0.3, 0.4) is 0 Å². The standard InChI is InChI=1S/C13H19BrO2/c1-6-13(14)8-7-10(15-5)9-11(13)16-12(2,3)4/h6-9,11H,1H2,2-5H3. The monoisotopic (exact) mass is 286 g/mol. The van der Waals surface area contributed by atoms with Gasteiger partial charge in [-0.15, -0.1) is 6.58 Å². The summed E-state index contributed by atoms with van der Waals surface area (Å²) in [5.41, 5.74) is -0.215. The summed E-state index contributed by atoms with van der Waals surface area (Å²) in [6.45, 7) is 9.93. The number of ether oxygens (including phenoxy) is 2. The Hall–Kier alpha value is -0.540. The van der Waals surface area contributed by atoms with Gasteiger partial charge in [0.05, 0.1) is 17.0 Å². The lowest BCUT2D eigenvalue weighted by atomic mass is 9.95. The lowest BCUT2D eigenvalue weighted by molar-refractivity contribution is -0.0432. The Morgan fingerprint density at radius 2 is 2.12 bits per heavy atom. The molecule has 0 aliphatic heterocycles. The quantitative estimate of drug-likeness (QED) is 0.583. The molecular weight excluding hydrogens is 268 g/mol. The first kappa shape index (κ1) is 13.5. The summed E-state index contributed by atoms with van der Waals surface area (Å²) in [6.07, 6.45) is 7.59. The SMILES string of the molecule is C=CC1(Br)C=CC(OC)=CC1OC(C)(C)C. The van der Waals surface area contributed by atoms with E-state index in [1.165, 1.54) is 0 Å². The smallest absolute Gasteiger partial charge is 0.117 e. The molecule has 2 unspecified atom stereocenters. The van der Waals surface area contributed by atoms with Gasteiger partial charge in [0.1, 0.15) is 11.9 Å². The van der Waals surface area contributed by atoms with Crippen molar-refractivity contribution in [1.29, 1.82) is 0 Å². The van der Waals surface area contributed by atoms with Gasteiger partial charge in [-0.25, -0.2) is 0 Å². The third-order valence-corrected chi connectivity index (χ3v) is 3.32. The second-order valence-corrected chi connectivity index (χ2v) is 6.16. The molecule has 0 aromatic heterocycles. The Kier molecular flexibility index (Phi) is 4.02. The molecule has 1 aliphatic carbocycles. The Morgan fingerprint density at radius 1 is 1.50 bits per heavy atom. The number of methoxy groups -OCH3 is 1. The zero-order valence-electron chi connectivity index (χ0n) is 10.3. The van der Waals surface area contributed by atoms with E-state index in [1.54, 1.807) is 7.11 Å². The van der Waals surface area contributed by atoms with E-state index in [4.69, 9.17) is 9.47 Å². The lowest BCUT2D eigenvalue weighted by Crippen LogP contribution is -2.40. The van der Waals surface area contributed by atoms with Gasteiger partial charge in [-0.2, -0.15) is 0 Å². The molecule has 1 rings (SSSR count). The van der Waals surface area contributed by atoms with Gasteiger partial charge in [0.2, 0.25) is 0 Å². The van der Waals surface area contributed by atoms with Crippen LogP contribution in [0, 0.1) is 0 Å². The molecule has 3 heteroatoms. The van der Waals surface area contributed by atoms with Crippen molar-refractivity contribution in [1.82, 2.24) is 0 Å². The van der Waals surface area contributed by atoms with E-state index in [2.05, 4.69) is 22.5 Å². The average Bonchev–Trinajstić information content (AvgIpc) is 2.19. The minimum absolute atomic E-state index is 0.120. The number of allylic oxidation sites excluding steroid dienone is 1. The van der Waals surface area contributed by atoms with E-state index < -0.39 is 0 Å². The van der Waals surface area contributed by atoms with Crippen molar-refractivity contribution < 1.29 is 9.47 Å². The highest BCUT2D eigenvalue weighted by Gasteiger charge is 2.36. The summed E-state index contributed by atoms with van der Waals surface area (Å²) >= 11 is 3.64. The largest absolute Gasteiger partial charge is 0.497 e. The number of hydrogen-bond donors (Lipinski definition) is 0. The van der Waals surface area contributed by atoms with E-state index in [9.17, 15) is 0 Å². The van der Waals surface area contributed by atoms with Gasteiger partial charge >= 0.3 is 0 Å². The molecule has 2 atom stereocenters. The van der Waals surface area contributed by atoms with Gasteiger partial charge in [-0.3, -0.25) is 0 Å². The minimum Gasteiger partial charge on any atom is -0.497 e. The van der Waals surface area contributed by atoms with Gasteiger partial charge in [-0.1, -0.05) is 28.1 Å². The molecule has 16 heavy (non-hydrogen) atoms. The van der Waals surface area contributed by atoms with Gasteiger partial charge in [0.15, 0.2) is 0 Å². The number of hydrogen-bond acceptors (Lipinski definition) is 2. The highest BCUT2D eigenvalue weighted by Crippen LogP contribution is 2.35. The Balaban J connectivity index is 2.95. The first-order chi connectivity index (χ1) is 7.30. The fourth-order valence-electron chi connectivity index (χ4n) is 1.46. The van der Waals surface area contributed by atoms with Crippen LogP contribution in [0.5, 0.6) is 0 Å². The molecule has 0 aromatic carbocycles. The topological polar surface area (TPSA) is 18.5 Å². The van der Waals surface area contributed by atoms with Crippen molar-refractivity contribution in [3.05, 3.63) is 36.6 Å². The highest BCUT2D eigenvalue weighted by atomic mass is 79.9. The lowest BCUT2D eigenvalue weighted by Gasteiger charge is -2.36. The number of alkyl halides is 1. The molecule has 2 nitrogen and oxygen atoms in total. The summed E-state index contributed by atoms with van der Waals surface area (Å²) in [6, 6.07) is 0. The predicted octanol–water partition coefficient (Wildman–Crippen LogP) is 3.59. The van der Waals surface area contributed by atoms with Gasteiger partial charge < -0.3 is 9.47 Å². The number of rotatable bonds is 3. The molecular formula is C13H19BrO2. The first-order valence-corrected chi connectivity index (χ1v) is 6.05. The van der Waals surface area contributed by atoms with Crippen LogP contribution >= 0.6 is 15.9 Å². The van der Waals surface area contributed by atoms with Crippen molar-refractivity contribution in [3.8, 4) is 0 Å². The van der Waals surface area contributed by atoms with Crippen LogP contribution in [0.1, 0.15) is 20.8 Å². The van der Waals surface area contributed by atoms with E-state index in [0.29, 0.717) is 0 Å². The van der Waals surface area contributed by atoms with Gasteiger partial charge in [-0.05, 0) is 32.9 Å². The van der Waals surface area contributed by atoms with Gasteiger partial charge in [0.25, 0.3) is 0 Å². The Labute approximate surface area is 106 Å². The first-order valence-electron chi connectivity index (χ1n) is 5.26. The van der Waals surface area contributed by atoms with Crippen molar-refractivity contribution in [2.75, 3.05) is 7.11 Å². The molecule has 0 heterocycles. The van der Waals surface area contributed by atoms with Crippen LogP contribution in [0.4, 0.5) is 0 Å². The third kappa shape index (κ3) is 3.22. The summed E-state index contributed by atoms with van der Waals surface area (Å²) in [4.78, 5) is 0. The van der Waals surface area contributed by atoms with E-state index in [1.807, 2.05) is 45.1 Å². The Bertz CT molecular complexity index is 325. The second kappa shape index (κ2) is 4.76. The summed E-state index contributed by atoms with van der Waals surface area (Å²) in [5.74, 6) is 0.811. The maximum Gasteiger partial charge on any atom is 0.117 e. The molecule has 0 saturated carbocycles. The highest BCUT2D eigenvalue weighted by molar-refractivity contribution is 9.10. The molecule has 0 spiro atoms. The molecule has 0 amide bonds. The molecule has 90 valence electrons. The second-order valence-electron chi connectivity index (χ2n) is 4.79. The van der Waals surface area contributed by atoms with Crippen LogP contribution in [0.25, 0.3) is 0 Å². The van der Waals surface area contributed by atoms with Crippen molar-refractivity contribution in [2.24, 2.45) is 0 Å². The van der Waals surface area contributed by atoms with Gasteiger partial charge in [0, 0.05) is 0 Å². The summed E-state index contributed by atoms with van der Waals surface area (Å²) in [5, 5.41) is 0. The zero-order valence-corrected chi connectivity index (χ0v) is 11.9. The maximum atomic E-state index is 5.99. The predicted molar refractivity (Wildman–Crippen MR) is 70.7 cm³/mol. The minimum atomic E-state index is -0.359. The van der Waals surface area contributed by atoms with E-state index >= 15 is 0 Å². The fourth-order valence-corrected chi connectivity index (χ4v) is 1.82. The summed E-state index contributed by atoms with van der Waals surface area (Å²) in [7, 11) is 1.65. The number of halogens is 1. The fraction of sp³-hybridized carbons (Fsp3) is 0.538. The third-order valence-electron chi connectivity index (χ3n) is 2.28. The van der Waals surface area contributed by atoms with Crippen LogP contribution in [0.2, 0.25) is 0 Å². The normalized spacial score (nSPS) is 29.8.